The lowest BCUT2D eigenvalue weighted by Crippen LogP contribution is -2.28. The number of aliphatic hydroxyl groups excluding tert-OH is 1. The summed E-state index contributed by atoms with van der Waals surface area (Å²) >= 11 is 0. The second-order valence-corrected chi connectivity index (χ2v) is 4.51. The van der Waals surface area contributed by atoms with Crippen molar-refractivity contribution in [3.8, 4) is 0 Å². The van der Waals surface area contributed by atoms with Gasteiger partial charge >= 0.3 is 0 Å². The van der Waals surface area contributed by atoms with Gasteiger partial charge in [0.05, 0.1) is 11.5 Å². The van der Waals surface area contributed by atoms with Gasteiger partial charge in [-0.1, -0.05) is 18.5 Å². The molecule has 8 heteroatoms. The Labute approximate surface area is 122 Å². The average Bonchev–Trinajstić information content (AvgIpc) is 2.50. The summed E-state index contributed by atoms with van der Waals surface area (Å²) < 4.78 is 0. The third-order valence-electron chi connectivity index (χ3n) is 3.07. The van der Waals surface area contributed by atoms with E-state index in [1.165, 1.54) is 6.07 Å². The molecule has 0 radical (unpaired) electrons. The van der Waals surface area contributed by atoms with Gasteiger partial charge in [-0.2, -0.15) is 0 Å². The van der Waals surface area contributed by atoms with E-state index in [9.17, 15) is 10.1 Å². The van der Waals surface area contributed by atoms with Crippen molar-refractivity contribution in [1.29, 1.82) is 0 Å². The molecule has 21 heavy (non-hydrogen) atoms. The molecular weight excluding hydrogens is 276 g/mol. The number of anilines is 1. The summed E-state index contributed by atoms with van der Waals surface area (Å²) in [6.45, 7) is 2.85. The van der Waals surface area contributed by atoms with Crippen molar-refractivity contribution in [2.75, 3.05) is 24.6 Å². The maximum Gasteiger partial charge on any atom is 0.293 e. The number of unbranched alkanes of at least 4 members (excludes halogenated alkanes) is 1. The zero-order valence-electron chi connectivity index (χ0n) is 11.9. The molecular formula is C13H20N4O4. The Morgan fingerprint density at radius 2 is 2.19 bits per heavy atom. The van der Waals surface area contributed by atoms with E-state index in [1.807, 2.05) is 6.92 Å². The lowest BCUT2D eigenvalue weighted by molar-refractivity contribution is -0.384. The van der Waals surface area contributed by atoms with Gasteiger partial charge < -0.3 is 20.9 Å². The standard InChI is InChI=1S/C13H20N4O4/c1-2-3-6-16(7-8-18)11-5-4-10(13(14)15-19)9-12(11)17(20)21/h4-5,9,18-19H,2-3,6-8H2,1H3,(H2,14,15). The van der Waals surface area contributed by atoms with Gasteiger partial charge in [-0.05, 0) is 18.6 Å². The van der Waals surface area contributed by atoms with Crippen molar-refractivity contribution in [2.45, 2.75) is 19.8 Å². The molecule has 4 N–H and O–H groups in total. The van der Waals surface area contributed by atoms with E-state index in [2.05, 4.69) is 5.16 Å². The van der Waals surface area contributed by atoms with Crippen LogP contribution in [0.25, 0.3) is 0 Å². The Bertz CT molecular complexity index is 519. The first-order chi connectivity index (χ1) is 10.0. The number of oxime groups is 1. The van der Waals surface area contributed by atoms with E-state index in [0.29, 0.717) is 18.8 Å². The molecule has 0 spiro atoms. The van der Waals surface area contributed by atoms with Crippen molar-refractivity contribution in [3.05, 3.63) is 33.9 Å². The van der Waals surface area contributed by atoms with Crippen molar-refractivity contribution in [1.82, 2.24) is 0 Å². The number of nitrogens with two attached hydrogens (primary N) is 1. The third-order valence-corrected chi connectivity index (χ3v) is 3.07. The van der Waals surface area contributed by atoms with Crippen LogP contribution in [0.2, 0.25) is 0 Å². The average molecular weight is 296 g/mol. The van der Waals surface area contributed by atoms with Gasteiger partial charge in [-0.25, -0.2) is 0 Å². The molecule has 0 amide bonds. The fourth-order valence-corrected chi connectivity index (χ4v) is 1.98. The van der Waals surface area contributed by atoms with Crippen LogP contribution in [0.4, 0.5) is 11.4 Å². The summed E-state index contributed by atoms with van der Waals surface area (Å²) in [6.07, 6.45) is 1.80. The molecule has 0 bridgehead atoms. The number of nitro groups is 1. The predicted molar refractivity (Wildman–Crippen MR) is 79.8 cm³/mol. The lowest BCUT2D eigenvalue weighted by Gasteiger charge is -2.23. The molecule has 1 aromatic carbocycles. The van der Waals surface area contributed by atoms with E-state index in [1.54, 1.807) is 17.0 Å². The Kier molecular flexibility index (Phi) is 6.41. The highest BCUT2D eigenvalue weighted by molar-refractivity contribution is 5.98. The second-order valence-electron chi connectivity index (χ2n) is 4.51. The van der Waals surface area contributed by atoms with Gasteiger partial charge in [-0.15, -0.1) is 0 Å². The van der Waals surface area contributed by atoms with Crippen LogP contribution in [-0.4, -0.2) is 40.8 Å². The minimum absolute atomic E-state index is 0.0944. The quantitative estimate of drug-likeness (QED) is 0.218. The minimum atomic E-state index is -0.514. The van der Waals surface area contributed by atoms with Gasteiger partial charge in [0.15, 0.2) is 5.84 Å². The summed E-state index contributed by atoms with van der Waals surface area (Å²) in [5, 5.41) is 31.8. The molecule has 0 fully saturated rings. The number of benzene rings is 1. The summed E-state index contributed by atoms with van der Waals surface area (Å²) in [7, 11) is 0. The molecule has 0 atom stereocenters. The smallest absolute Gasteiger partial charge is 0.293 e. The van der Waals surface area contributed by atoms with E-state index in [-0.39, 0.29) is 23.7 Å². The molecule has 0 heterocycles. The highest BCUT2D eigenvalue weighted by Crippen LogP contribution is 2.29. The summed E-state index contributed by atoms with van der Waals surface area (Å²) in [5.74, 6) is -0.188. The normalized spacial score (nSPS) is 11.4. The summed E-state index contributed by atoms with van der Waals surface area (Å²) in [6, 6.07) is 4.37. The minimum Gasteiger partial charge on any atom is -0.409 e. The van der Waals surface area contributed by atoms with Crippen molar-refractivity contribution >= 4 is 17.2 Å². The van der Waals surface area contributed by atoms with Crippen molar-refractivity contribution in [3.63, 3.8) is 0 Å². The van der Waals surface area contributed by atoms with Crippen LogP contribution < -0.4 is 10.6 Å². The largest absolute Gasteiger partial charge is 0.409 e. The molecule has 1 rings (SSSR count). The third kappa shape index (κ3) is 4.32. The van der Waals surface area contributed by atoms with Crippen LogP contribution in [0.3, 0.4) is 0 Å². The maximum atomic E-state index is 11.2. The molecule has 0 aliphatic rings. The van der Waals surface area contributed by atoms with E-state index in [4.69, 9.17) is 16.0 Å². The van der Waals surface area contributed by atoms with Crippen LogP contribution in [0.15, 0.2) is 23.4 Å². The highest BCUT2D eigenvalue weighted by Gasteiger charge is 2.20. The topological polar surface area (TPSA) is 125 Å². The zero-order chi connectivity index (χ0) is 15.8. The van der Waals surface area contributed by atoms with Crippen LogP contribution in [-0.2, 0) is 0 Å². The Balaban J connectivity index is 3.22. The number of nitrogens with zero attached hydrogens (tertiary/aromatic N) is 3. The van der Waals surface area contributed by atoms with Gasteiger partial charge in [0.25, 0.3) is 5.69 Å². The first-order valence-corrected chi connectivity index (χ1v) is 6.67. The SMILES string of the molecule is CCCCN(CCO)c1ccc(C(N)=NO)cc1[N+](=O)[O-]. The lowest BCUT2D eigenvalue weighted by atomic mass is 10.1. The first-order valence-electron chi connectivity index (χ1n) is 6.67. The molecule has 116 valence electrons. The van der Waals surface area contributed by atoms with Gasteiger partial charge in [0, 0.05) is 24.7 Å². The molecule has 0 saturated carbocycles. The van der Waals surface area contributed by atoms with Gasteiger partial charge in [0.2, 0.25) is 0 Å². The molecule has 1 aromatic rings. The fraction of sp³-hybridized carbons (Fsp3) is 0.462. The van der Waals surface area contributed by atoms with Crippen molar-refractivity contribution < 1.29 is 15.2 Å². The van der Waals surface area contributed by atoms with E-state index >= 15 is 0 Å². The number of amidine groups is 1. The molecule has 0 aliphatic carbocycles. The molecule has 8 nitrogen and oxygen atoms in total. The Hall–Kier alpha value is -2.35. The van der Waals surface area contributed by atoms with Crippen LogP contribution in [0.1, 0.15) is 25.3 Å². The second kappa shape index (κ2) is 8.05. The predicted octanol–water partition coefficient (Wildman–Crippen LogP) is 1.29. The van der Waals surface area contributed by atoms with Crippen LogP contribution in [0, 0.1) is 10.1 Å². The van der Waals surface area contributed by atoms with E-state index in [0.717, 1.165) is 12.8 Å². The van der Waals surface area contributed by atoms with E-state index < -0.39 is 4.92 Å². The summed E-state index contributed by atoms with van der Waals surface area (Å²) in [5.41, 5.74) is 6.00. The molecule has 0 aromatic heterocycles. The fourth-order valence-electron chi connectivity index (χ4n) is 1.98. The summed E-state index contributed by atoms with van der Waals surface area (Å²) in [4.78, 5) is 12.5. The van der Waals surface area contributed by atoms with Gasteiger partial charge in [0.1, 0.15) is 5.69 Å². The maximum absolute atomic E-state index is 11.2. The van der Waals surface area contributed by atoms with Gasteiger partial charge in [-0.3, -0.25) is 10.1 Å². The van der Waals surface area contributed by atoms with Crippen LogP contribution in [0.5, 0.6) is 0 Å². The number of aliphatic hydroxyl groups is 1. The van der Waals surface area contributed by atoms with Crippen LogP contribution >= 0.6 is 0 Å². The Morgan fingerprint density at radius 3 is 2.71 bits per heavy atom. The number of hydrogen-bond donors (Lipinski definition) is 3. The molecule has 0 aliphatic heterocycles. The van der Waals surface area contributed by atoms with Crippen molar-refractivity contribution in [2.24, 2.45) is 10.9 Å². The zero-order valence-corrected chi connectivity index (χ0v) is 11.9. The molecule has 0 unspecified atom stereocenters. The Morgan fingerprint density at radius 1 is 1.48 bits per heavy atom. The highest BCUT2D eigenvalue weighted by atomic mass is 16.6. The molecule has 0 saturated heterocycles. The number of nitro benzene ring substituents is 1. The number of rotatable bonds is 8. The number of hydrogen-bond acceptors (Lipinski definition) is 6. The monoisotopic (exact) mass is 296 g/mol. The first kappa shape index (κ1) is 16.7.